The Morgan fingerprint density at radius 3 is 2.52 bits per heavy atom. The number of benzene rings is 1. The van der Waals surface area contributed by atoms with E-state index in [9.17, 15) is 0 Å². The summed E-state index contributed by atoms with van der Waals surface area (Å²) in [5.74, 6) is 2.18. The molecular weight excluding hydrogens is 530 g/mol. The summed E-state index contributed by atoms with van der Waals surface area (Å²) in [6.45, 7) is 4.25. The maximum Gasteiger partial charge on any atom is 0.0964 e. The molecule has 27 heavy (non-hydrogen) atoms. The van der Waals surface area contributed by atoms with Crippen molar-refractivity contribution in [2.24, 2.45) is 0 Å². The van der Waals surface area contributed by atoms with E-state index in [1.54, 1.807) is 12.4 Å². The number of hydrogen-bond acceptors (Lipinski definition) is 2. The van der Waals surface area contributed by atoms with Crippen LogP contribution in [0.1, 0.15) is 10.9 Å². The van der Waals surface area contributed by atoms with Gasteiger partial charge in [-0.1, -0.05) is 30.0 Å². The van der Waals surface area contributed by atoms with Crippen molar-refractivity contribution in [2.45, 2.75) is 6.42 Å². The van der Waals surface area contributed by atoms with Gasteiger partial charge in [0.15, 0.2) is 0 Å². The van der Waals surface area contributed by atoms with Crippen LogP contribution >= 0.6 is 7.53 Å². The van der Waals surface area contributed by atoms with Crippen LogP contribution in [0.4, 0.5) is 0 Å². The summed E-state index contributed by atoms with van der Waals surface area (Å²) in [6.07, 6.45) is 6.27. The van der Waals surface area contributed by atoms with Crippen LogP contribution in [0.2, 0.25) is 0 Å². The van der Waals surface area contributed by atoms with Gasteiger partial charge in [0, 0.05) is 39.4 Å². The van der Waals surface area contributed by atoms with Crippen LogP contribution in [0.25, 0.3) is 22.4 Å². The van der Waals surface area contributed by atoms with E-state index >= 15 is 0 Å². The predicted molar refractivity (Wildman–Crippen MR) is 108 cm³/mol. The van der Waals surface area contributed by atoms with Crippen LogP contribution in [0.3, 0.4) is 0 Å². The van der Waals surface area contributed by atoms with Crippen molar-refractivity contribution in [2.75, 3.05) is 0 Å². The van der Waals surface area contributed by atoms with Crippen LogP contribution < -0.4 is 0 Å². The predicted octanol–water partition coefficient (Wildman–Crippen LogP) is 5.91. The molecule has 0 aliphatic heterocycles. The quantitative estimate of drug-likeness (QED) is 0.297. The first-order chi connectivity index (χ1) is 12.8. The number of aromatic nitrogens is 2. The Kier molecular flexibility index (Phi) is 6.67. The number of rotatable bonds is 4. The smallest absolute Gasteiger partial charge is 0.0964 e. The first kappa shape index (κ1) is 19.6. The summed E-state index contributed by atoms with van der Waals surface area (Å²) < 4.78 is 0. The molecule has 1 unspecified atom stereocenters. The molecule has 0 radical (unpaired) electrons. The van der Waals surface area contributed by atoms with E-state index < -0.39 is 7.53 Å². The van der Waals surface area contributed by atoms with Gasteiger partial charge in [-0.25, -0.2) is 5.56 Å². The van der Waals surface area contributed by atoms with Crippen LogP contribution in [0.15, 0.2) is 79.0 Å². The van der Waals surface area contributed by atoms with Crippen molar-refractivity contribution in [3.05, 3.63) is 109 Å². The fraction of sp³-hybridized carbons (Fsp3) is 0.0435. The summed E-state index contributed by atoms with van der Waals surface area (Å²) >= 11 is 0. The van der Waals surface area contributed by atoms with E-state index in [-0.39, 0.29) is 21.1 Å². The van der Waals surface area contributed by atoms with E-state index in [2.05, 4.69) is 64.9 Å². The minimum atomic E-state index is -0.427. The standard InChI is InChI=1S/C23H17N2P.Pt/c1-26-12-5-3-9-22(26)14-18-7-6-8-19(13-18)20-15-21(17-24-16-20)23-10-2-4-11-25-23;/h2-12,16-17H,1,14H2;/q-2;. The minimum absolute atomic E-state index is 0. The Morgan fingerprint density at radius 2 is 1.70 bits per heavy atom. The molecule has 0 amide bonds. The third-order valence-corrected chi connectivity index (χ3v) is 5.75. The molecule has 0 saturated carbocycles. The van der Waals surface area contributed by atoms with Crippen molar-refractivity contribution in [1.29, 1.82) is 0 Å². The molecule has 0 aliphatic rings. The van der Waals surface area contributed by atoms with E-state index in [1.165, 1.54) is 5.30 Å². The second-order valence-corrected chi connectivity index (χ2v) is 7.81. The maximum absolute atomic E-state index is 4.38. The molecule has 2 nitrogen and oxygen atoms in total. The van der Waals surface area contributed by atoms with E-state index in [0.717, 1.165) is 34.4 Å². The van der Waals surface area contributed by atoms with Crippen molar-refractivity contribution in [1.82, 2.24) is 9.97 Å². The summed E-state index contributed by atoms with van der Waals surface area (Å²) in [7, 11) is -0.427. The van der Waals surface area contributed by atoms with Crippen molar-refractivity contribution in [3.63, 3.8) is 0 Å². The topological polar surface area (TPSA) is 25.8 Å². The molecule has 0 saturated heterocycles. The van der Waals surface area contributed by atoms with Gasteiger partial charge in [-0.15, -0.1) is 18.3 Å². The van der Waals surface area contributed by atoms with Crippen molar-refractivity contribution >= 4 is 7.53 Å². The van der Waals surface area contributed by atoms with Gasteiger partial charge in [-0.2, -0.15) is 29.8 Å². The first-order valence-electron chi connectivity index (χ1n) is 8.40. The van der Waals surface area contributed by atoms with Crippen LogP contribution in [-0.4, -0.2) is 9.97 Å². The normalized spacial score (nSPS) is 10.9. The van der Waals surface area contributed by atoms with E-state index in [0.29, 0.717) is 0 Å². The van der Waals surface area contributed by atoms with E-state index in [1.807, 2.05) is 30.5 Å². The Balaban J connectivity index is 0.00000210. The molecule has 1 aromatic carbocycles. The average molecular weight is 547 g/mol. The summed E-state index contributed by atoms with van der Waals surface area (Å²) in [5, 5.41) is 1.36. The molecule has 0 fully saturated rings. The van der Waals surface area contributed by atoms with Crippen LogP contribution in [0.5, 0.6) is 0 Å². The fourth-order valence-electron chi connectivity index (χ4n) is 2.83. The Labute approximate surface area is 175 Å². The van der Waals surface area contributed by atoms with Gasteiger partial charge in [0.1, 0.15) is 0 Å². The van der Waals surface area contributed by atoms with Gasteiger partial charge in [0.05, 0.1) is 11.1 Å². The Bertz CT molecular complexity index is 1030. The fourth-order valence-corrected chi connectivity index (χ4v) is 3.98. The number of nitrogens with zero attached hydrogens (tertiary/aromatic N) is 2. The molecule has 4 aromatic rings. The minimum Gasteiger partial charge on any atom is -0.351 e. The zero-order valence-corrected chi connectivity index (χ0v) is 17.7. The molecule has 0 N–H and O–H groups in total. The molecular formula is C23H17N2PPt-2. The molecule has 1 atom stereocenters. The summed E-state index contributed by atoms with van der Waals surface area (Å²) in [4.78, 5) is 8.75. The van der Waals surface area contributed by atoms with Crippen LogP contribution in [0, 0.1) is 18.8 Å². The summed E-state index contributed by atoms with van der Waals surface area (Å²) in [6, 6.07) is 25.3. The maximum atomic E-state index is 4.38. The van der Waals surface area contributed by atoms with Crippen molar-refractivity contribution in [3.8, 4) is 22.4 Å². The molecule has 4 heteroatoms. The number of pyridine rings is 2. The third-order valence-electron chi connectivity index (χ3n) is 4.17. The van der Waals surface area contributed by atoms with Gasteiger partial charge in [-0.3, -0.25) is 4.98 Å². The van der Waals surface area contributed by atoms with Crippen LogP contribution in [-0.2, 0) is 27.5 Å². The van der Waals surface area contributed by atoms with Gasteiger partial charge in [0.25, 0.3) is 0 Å². The molecule has 3 heterocycles. The molecule has 4 rings (SSSR count). The average Bonchev–Trinajstić information content (AvgIpc) is 2.71. The third kappa shape index (κ3) is 4.78. The van der Waals surface area contributed by atoms with Gasteiger partial charge in [-0.05, 0) is 31.9 Å². The van der Waals surface area contributed by atoms with Crippen molar-refractivity contribution < 1.29 is 21.1 Å². The van der Waals surface area contributed by atoms with Gasteiger partial charge in [0.2, 0.25) is 0 Å². The summed E-state index contributed by atoms with van der Waals surface area (Å²) in [5.41, 5.74) is 4.84. The zero-order chi connectivity index (χ0) is 17.8. The second kappa shape index (κ2) is 9.18. The largest absolute Gasteiger partial charge is 0.351 e. The van der Waals surface area contributed by atoms with Gasteiger partial charge < -0.3 is 4.98 Å². The molecule has 0 spiro atoms. The first-order valence-corrected chi connectivity index (χ1v) is 10.00. The second-order valence-electron chi connectivity index (χ2n) is 6.00. The zero-order valence-electron chi connectivity index (χ0n) is 14.6. The molecule has 3 aromatic heterocycles. The number of hydrogen-bond donors (Lipinski definition) is 0. The SMILES string of the molecule is [CH2-][p+]1ccccc1Cc1[c-]c(-c2[c-]c(-c3ccccn3)cnc2)ccc1.[Pt]. The molecule has 136 valence electrons. The van der Waals surface area contributed by atoms with Gasteiger partial charge >= 0.3 is 0 Å². The molecule has 0 bridgehead atoms. The molecule has 0 aliphatic carbocycles. The monoisotopic (exact) mass is 547 g/mol. The Morgan fingerprint density at radius 1 is 0.852 bits per heavy atom. The van der Waals surface area contributed by atoms with E-state index in [4.69, 9.17) is 0 Å². The Hall–Kier alpha value is -2.14.